The lowest BCUT2D eigenvalue weighted by atomic mass is 10.2. The highest BCUT2D eigenvalue weighted by atomic mass is 32.1. The second-order valence-corrected chi connectivity index (χ2v) is 8.59. The molecule has 4 rings (SSSR count). The van der Waals surface area contributed by atoms with Crippen LogP contribution in [0.2, 0.25) is 0 Å². The van der Waals surface area contributed by atoms with Gasteiger partial charge >= 0.3 is 0 Å². The van der Waals surface area contributed by atoms with Crippen molar-refractivity contribution in [3.05, 3.63) is 115 Å². The number of hydrogen-bond acceptors (Lipinski definition) is 6. The van der Waals surface area contributed by atoms with Crippen molar-refractivity contribution in [3.8, 4) is 17.2 Å². The quantitative estimate of drug-likeness (QED) is 0.175. The summed E-state index contributed by atoms with van der Waals surface area (Å²) < 4.78 is 16.8. The van der Waals surface area contributed by atoms with Crippen LogP contribution in [0, 0.1) is 0 Å². The van der Waals surface area contributed by atoms with E-state index >= 15 is 0 Å². The molecular weight excluding hydrogens is 514 g/mol. The monoisotopic (exact) mass is 541 g/mol. The van der Waals surface area contributed by atoms with E-state index in [-0.39, 0.29) is 23.5 Å². The Bertz CT molecular complexity index is 1400. The van der Waals surface area contributed by atoms with Crippen molar-refractivity contribution in [2.24, 2.45) is 0 Å². The summed E-state index contributed by atoms with van der Waals surface area (Å²) >= 11 is 5.31. The zero-order valence-corrected chi connectivity index (χ0v) is 21.8. The Balaban J connectivity index is 1.22. The lowest BCUT2D eigenvalue weighted by molar-refractivity contribution is -0.118. The summed E-state index contributed by atoms with van der Waals surface area (Å²) in [6.45, 7) is 0.568. The molecule has 39 heavy (non-hydrogen) atoms. The molecule has 2 amide bonds. The van der Waals surface area contributed by atoms with Gasteiger partial charge < -0.3 is 24.8 Å². The fourth-order valence-corrected chi connectivity index (χ4v) is 3.65. The molecule has 0 unspecified atom stereocenters. The average Bonchev–Trinajstić information content (AvgIpc) is 2.95. The van der Waals surface area contributed by atoms with Crippen LogP contribution in [0.15, 0.2) is 109 Å². The number of hydrogen-bond donors (Lipinski definition) is 3. The van der Waals surface area contributed by atoms with Crippen molar-refractivity contribution in [2.75, 3.05) is 30.5 Å². The molecule has 9 heteroatoms. The van der Waals surface area contributed by atoms with Crippen molar-refractivity contribution >= 4 is 40.5 Å². The van der Waals surface area contributed by atoms with E-state index in [1.54, 1.807) is 60.7 Å². The van der Waals surface area contributed by atoms with Gasteiger partial charge in [0, 0.05) is 16.9 Å². The third-order valence-electron chi connectivity index (χ3n) is 5.20. The van der Waals surface area contributed by atoms with Crippen LogP contribution in [0.25, 0.3) is 0 Å². The zero-order valence-electron chi connectivity index (χ0n) is 21.0. The highest BCUT2D eigenvalue weighted by molar-refractivity contribution is 7.80. The number of rotatable bonds is 11. The average molecular weight is 542 g/mol. The van der Waals surface area contributed by atoms with Gasteiger partial charge in [-0.25, -0.2) is 0 Å². The maximum absolute atomic E-state index is 12.7. The van der Waals surface area contributed by atoms with Crippen LogP contribution in [0.3, 0.4) is 0 Å². The molecule has 0 spiro atoms. The fourth-order valence-electron chi connectivity index (χ4n) is 3.44. The van der Waals surface area contributed by atoms with Gasteiger partial charge in [0.05, 0.1) is 0 Å². The van der Waals surface area contributed by atoms with Crippen LogP contribution in [0.1, 0.15) is 10.4 Å². The first-order valence-electron chi connectivity index (χ1n) is 12.2. The highest BCUT2D eigenvalue weighted by Crippen LogP contribution is 2.17. The predicted octanol–water partition coefficient (Wildman–Crippen LogP) is 5.29. The number of carbonyl (C=O) groups is 2. The zero-order chi connectivity index (χ0) is 27.3. The van der Waals surface area contributed by atoms with Gasteiger partial charge in [0.15, 0.2) is 11.7 Å². The Morgan fingerprint density at radius 1 is 0.615 bits per heavy atom. The Hall–Kier alpha value is -4.89. The topological polar surface area (TPSA) is 97.9 Å². The first-order valence-corrected chi connectivity index (χ1v) is 12.6. The molecule has 8 nitrogen and oxygen atoms in total. The summed E-state index contributed by atoms with van der Waals surface area (Å²) in [6.07, 6.45) is 0. The van der Waals surface area contributed by atoms with Crippen LogP contribution in [-0.4, -0.2) is 36.7 Å². The summed E-state index contributed by atoms with van der Waals surface area (Å²) in [5, 5.41) is 8.49. The second-order valence-electron chi connectivity index (χ2n) is 8.18. The predicted molar refractivity (Wildman–Crippen MR) is 155 cm³/mol. The van der Waals surface area contributed by atoms with Gasteiger partial charge in [-0.15, -0.1) is 0 Å². The largest absolute Gasteiger partial charge is 0.490 e. The van der Waals surface area contributed by atoms with Crippen molar-refractivity contribution in [3.63, 3.8) is 0 Å². The van der Waals surface area contributed by atoms with Gasteiger partial charge in [0.25, 0.3) is 11.8 Å². The molecule has 0 saturated carbocycles. The van der Waals surface area contributed by atoms with E-state index in [4.69, 9.17) is 26.4 Å². The molecule has 3 N–H and O–H groups in total. The molecular formula is C30H27N3O5S. The van der Waals surface area contributed by atoms with E-state index in [1.807, 2.05) is 48.5 Å². The molecule has 0 heterocycles. The van der Waals surface area contributed by atoms with Crippen molar-refractivity contribution in [1.82, 2.24) is 5.32 Å². The SMILES string of the molecule is O=C(COc1ccccc1)Nc1cccc(NC(=S)NC(=O)c2cccc(OCCOc3ccccc3)c2)c1. The van der Waals surface area contributed by atoms with Crippen molar-refractivity contribution in [2.45, 2.75) is 0 Å². The molecule has 0 aliphatic heterocycles. The molecule has 0 radical (unpaired) electrons. The summed E-state index contributed by atoms with van der Waals surface area (Å²) in [4.78, 5) is 25.0. The third-order valence-corrected chi connectivity index (χ3v) is 5.41. The molecule has 0 atom stereocenters. The van der Waals surface area contributed by atoms with E-state index in [9.17, 15) is 9.59 Å². The normalized spacial score (nSPS) is 10.2. The maximum atomic E-state index is 12.7. The second kappa shape index (κ2) is 14.2. The van der Waals surface area contributed by atoms with Crippen LogP contribution >= 0.6 is 12.2 Å². The van der Waals surface area contributed by atoms with Gasteiger partial charge in [-0.3, -0.25) is 14.9 Å². The van der Waals surface area contributed by atoms with E-state index in [2.05, 4.69) is 16.0 Å². The molecule has 0 aromatic heterocycles. The Labute approximate surface area is 231 Å². The number of nitrogens with one attached hydrogen (secondary N) is 3. The Kier molecular flexibility index (Phi) is 9.85. The Morgan fingerprint density at radius 3 is 1.87 bits per heavy atom. The highest BCUT2D eigenvalue weighted by Gasteiger charge is 2.10. The number of thiocarbonyl (C=S) groups is 1. The van der Waals surface area contributed by atoms with E-state index < -0.39 is 0 Å². The van der Waals surface area contributed by atoms with Crippen LogP contribution < -0.4 is 30.2 Å². The van der Waals surface area contributed by atoms with Crippen LogP contribution in [0.4, 0.5) is 11.4 Å². The number of amides is 2. The van der Waals surface area contributed by atoms with Crippen LogP contribution in [0.5, 0.6) is 17.2 Å². The number of para-hydroxylation sites is 2. The van der Waals surface area contributed by atoms with Gasteiger partial charge in [-0.05, 0) is 72.9 Å². The minimum absolute atomic E-state index is 0.110. The summed E-state index contributed by atoms with van der Waals surface area (Å²) in [7, 11) is 0. The molecule has 0 bridgehead atoms. The van der Waals surface area contributed by atoms with Crippen molar-refractivity contribution < 1.29 is 23.8 Å². The number of benzene rings is 4. The fraction of sp³-hybridized carbons (Fsp3) is 0.100. The van der Waals surface area contributed by atoms with Gasteiger partial charge in [0.2, 0.25) is 0 Å². The van der Waals surface area contributed by atoms with Crippen LogP contribution in [-0.2, 0) is 4.79 Å². The van der Waals surface area contributed by atoms with E-state index in [1.165, 1.54) is 0 Å². The Morgan fingerprint density at radius 2 is 1.18 bits per heavy atom. The smallest absolute Gasteiger partial charge is 0.262 e. The van der Waals surface area contributed by atoms with Gasteiger partial charge in [-0.2, -0.15) is 0 Å². The number of ether oxygens (including phenoxy) is 3. The summed E-state index contributed by atoms with van der Waals surface area (Å²) in [5.41, 5.74) is 1.54. The molecule has 198 valence electrons. The third kappa shape index (κ3) is 9.17. The maximum Gasteiger partial charge on any atom is 0.262 e. The first kappa shape index (κ1) is 27.2. The number of carbonyl (C=O) groups excluding carboxylic acids is 2. The molecule has 0 saturated heterocycles. The molecule has 0 aliphatic carbocycles. The van der Waals surface area contributed by atoms with Gasteiger partial charge in [0.1, 0.15) is 30.5 Å². The van der Waals surface area contributed by atoms with E-state index in [0.29, 0.717) is 41.7 Å². The van der Waals surface area contributed by atoms with E-state index in [0.717, 1.165) is 5.75 Å². The standard InChI is InChI=1S/C30H27N3O5S/c34-28(21-38-26-14-5-2-6-15-26)31-23-10-8-11-24(20-23)32-30(39)33-29(35)22-9-7-16-27(19-22)37-18-17-36-25-12-3-1-4-13-25/h1-16,19-20H,17-18,21H2,(H,31,34)(H2,32,33,35,39). The molecule has 0 aliphatic rings. The lowest BCUT2D eigenvalue weighted by Gasteiger charge is -2.12. The molecule has 4 aromatic carbocycles. The molecule has 0 fully saturated rings. The minimum atomic E-state index is -0.388. The van der Waals surface area contributed by atoms with Gasteiger partial charge in [-0.1, -0.05) is 48.5 Å². The summed E-state index contributed by atoms with van der Waals surface area (Å²) in [5.74, 6) is 1.22. The summed E-state index contributed by atoms with van der Waals surface area (Å²) in [6, 6.07) is 32.3. The number of anilines is 2. The lowest BCUT2D eigenvalue weighted by Crippen LogP contribution is -2.34. The van der Waals surface area contributed by atoms with Crippen molar-refractivity contribution in [1.29, 1.82) is 0 Å². The first-order chi connectivity index (χ1) is 19.0. The molecule has 4 aromatic rings. The minimum Gasteiger partial charge on any atom is -0.490 e.